The summed E-state index contributed by atoms with van der Waals surface area (Å²) in [5, 5.41) is 16.1. The van der Waals surface area contributed by atoms with Crippen molar-refractivity contribution >= 4 is 45.4 Å². The molecule has 6 nitrogen and oxygen atoms in total. The van der Waals surface area contributed by atoms with Gasteiger partial charge >= 0.3 is 6.09 Å². The SMILES string of the molecule is Cc1cc2cnn(PI)c2cc1C1CN(C(=O)OC(C)(C)C)CC1O. The molecule has 25 heavy (non-hydrogen) atoms. The number of benzene rings is 1. The van der Waals surface area contributed by atoms with Crippen LogP contribution < -0.4 is 0 Å². The number of likely N-dealkylation sites (tertiary alicyclic amines) is 1. The highest BCUT2D eigenvalue weighted by Gasteiger charge is 2.37. The number of halogens is 1. The number of carbonyl (C=O) groups is 1. The zero-order valence-electron chi connectivity index (χ0n) is 14.8. The van der Waals surface area contributed by atoms with Gasteiger partial charge in [-0.15, -0.1) is 0 Å². The van der Waals surface area contributed by atoms with Crippen molar-refractivity contribution in [3.63, 3.8) is 0 Å². The lowest BCUT2D eigenvalue weighted by molar-refractivity contribution is 0.0270. The molecule has 0 spiro atoms. The predicted molar refractivity (Wildman–Crippen MR) is 109 cm³/mol. The first-order valence-corrected chi connectivity index (χ1v) is 12.3. The van der Waals surface area contributed by atoms with E-state index in [4.69, 9.17) is 4.74 Å². The fraction of sp³-hybridized carbons (Fsp3) is 0.529. The fourth-order valence-electron chi connectivity index (χ4n) is 3.24. The number of carbonyl (C=O) groups excluding carboxylic acids is 1. The maximum atomic E-state index is 12.3. The summed E-state index contributed by atoms with van der Waals surface area (Å²) in [5.41, 5.74) is 2.71. The number of hydrogen-bond acceptors (Lipinski definition) is 4. The molecule has 0 radical (unpaired) electrons. The molecule has 1 aromatic carbocycles. The average Bonchev–Trinajstić information content (AvgIpc) is 3.07. The number of fused-ring (bicyclic) bond motifs is 1. The molecule has 1 fully saturated rings. The number of hydrogen-bond donors (Lipinski definition) is 1. The Morgan fingerprint density at radius 2 is 2.12 bits per heavy atom. The van der Waals surface area contributed by atoms with Crippen LogP contribution in [0.3, 0.4) is 0 Å². The normalized spacial score (nSPS) is 21.6. The van der Waals surface area contributed by atoms with Crippen molar-refractivity contribution in [3.8, 4) is 0 Å². The summed E-state index contributed by atoms with van der Waals surface area (Å²) in [6, 6.07) is 4.21. The standard InChI is InChI=1S/C17H23IN3O3P/c1-10-5-11-7-19-21(25-18)14(11)6-12(10)13-8-20(9-15(13)22)16(23)24-17(2,3)4/h5-7,13,15,22,25H,8-9H2,1-4H3. The summed E-state index contributed by atoms with van der Waals surface area (Å²) in [6.45, 7) is 8.34. The smallest absolute Gasteiger partial charge is 0.410 e. The molecule has 3 rings (SSSR count). The first kappa shape index (κ1) is 18.9. The lowest BCUT2D eigenvalue weighted by atomic mass is 9.91. The zero-order chi connectivity index (χ0) is 18.4. The first-order valence-electron chi connectivity index (χ1n) is 8.20. The van der Waals surface area contributed by atoms with Gasteiger partial charge in [0.25, 0.3) is 0 Å². The van der Waals surface area contributed by atoms with Crippen LogP contribution in [0.2, 0.25) is 0 Å². The van der Waals surface area contributed by atoms with E-state index >= 15 is 0 Å². The lowest BCUT2D eigenvalue weighted by Crippen LogP contribution is -2.35. The minimum absolute atomic E-state index is 0.113. The molecule has 3 atom stereocenters. The second kappa shape index (κ2) is 7.00. The molecule has 2 heterocycles. The molecule has 1 N–H and O–H groups in total. The van der Waals surface area contributed by atoms with E-state index in [2.05, 4.69) is 39.3 Å². The van der Waals surface area contributed by atoms with Crippen LogP contribution >= 0.6 is 28.4 Å². The molecule has 0 aliphatic carbocycles. The minimum atomic E-state index is -0.595. The van der Waals surface area contributed by atoms with Crippen molar-refractivity contribution in [2.45, 2.75) is 45.3 Å². The van der Waals surface area contributed by atoms with Crippen LogP contribution in [0.15, 0.2) is 18.3 Å². The Morgan fingerprint density at radius 1 is 1.40 bits per heavy atom. The molecular formula is C17H23IN3O3P. The third-order valence-electron chi connectivity index (χ3n) is 4.38. The van der Waals surface area contributed by atoms with Gasteiger partial charge in [0.2, 0.25) is 0 Å². The largest absolute Gasteiger partial charge is 0.444 e. The molecule has 0 bridgehead atoms. The van der Waals surface area contributed by atoms with Crippen molar-refractivity contribution in [1.82, 2.24) is 14.5 Å². The highest BCUT2D eigenvalue weighted by Crippen LogP contribution is 2.35. The summed E-state index contributed by atoms with van der Waals surface area (Å²) in [4.78, 5) is 13.9. The van der Waals surface area contributed by atoms with E-state index in [0.29, 0.717) is 19.5 Å². The van der Waals surface area contributed by atoms with Gasteiger partial charge in [0.1, 0.15) is 5.60 Å². The Bertz CT molecular complexity index is 802. The molecule has 0 saturated carbocycles. The second-order valence-electron chi connectivity index (χ2n) is 7.47. The first-order chi connectivity index (χ1) is 11.7. The second-order valence-corrected chi connectivity index (χ2v) is 9.51. The summed E-state index contributed by atoms with van der Waals surface area (Å²) in [7, 11) is 0. The number of nitrogens with zero attached hydrogens (tertiary/aromatic N) is 3. The van der Waals surface area contributed by atoms with E-state index in [1.807, 2.05) is 38.3 Å². The van der Waals surface area contributed by atoms with Gasteiger partial charge in [0.05, 0.1) is 30.7 Å². The molecule has 1 aromatic heterocycles. The number of amides is 1. The Kier molecular flexibility index (Phi) is 5.28. The van der Waals surface area contributed by atoms with E-state index < -0.39 is 11.7 Å². The predicted octanol–water partition coefficient (Wildman–Crippen LogP) is 3.83. The van der Waals surface area contributed by atoms with Gasteiger partial charge in [0.15, 0.2) is 0 Å². The van der Waals surface area contributed by atoms with Crippen LogP contribution in [0, 0.1) is 6.92 Å². The van der Waals surface area contributed by atoms with Crippen molar-refractivity contribution in [2.75, 3.05) is 13.1 Å². The summed E-state index contributed by atoms with van der Waals surface area (Å²) in [5.74, 6) is -0.113. The van der Waals surface area contributed by atoms with Gasteiger partial charge < -0.3 is 14.7 Å². The number of ether oxygens (including phenoxy) is 1. The maximum Gasteiger partial charge on any atom is 0.410 e. The van der Waals surface area contributed by atoms with Crippen molar-refractivity contribution in [1.29, 1.82) is 0 Å². The summed E-state index contributed by atoms with van der Waals surface area (Å²) >= 11 is 2.30. The number of rotatable bonds is 2. The molecule has 2 aromatic rings. The Labute approximate surface area is 162 Å². The van der Waals surface area contributed by atoms with Gasteiger partial charge in [-0.3, -0.25) is 0 Å². The van der Waals surface area contributed by atoms with Crippen LogP contribution in [0.1, 0.15) is 37.8 Å². The maximum absolute atomic E-state index is 12.3. The molecule has 1 aliphatic heterocycles. The zero-order valence-corrected chi connectivity index (χ0v) is 17.9. The van der Waals surface area contributed by atoms with Crippen LogP contribution in [-0.4, -0.2) is 50.4 Å². The molecule has 1 amide bonds. The van der Waals surface area contributed by atoms with E-state index in [-0.39, 0.29) is 12.0 Å². The topological polar surface area (TPSA) is 67.6 Å². The monoisotopic (exact) mass is 475 g/mol. The number of β-amino-alcohol motifs (C(OH)–C–C–N with tert-alkyl or cyclic N) is 1. The van der Waals surface area contributed by atoms with E-state index in [9.17, 15) is 9.90 Å². The van der Waals surface area contributed by atoms with Gasteiger partial charge in [-0.2, -0.15) is 5.10 Å². The lowest BCUT2D eigenvalue weighted by Gasteiger charge is -2.24. The molecular weight excluding hydrogens is 452 g/mol. The fourth-order valence-corrected chi connectivity index (χ4v) is 4.78. The number of aliphatic hydroxyl groups is 1. The summed E-state index contributed by atoms with van der Waals surface area (Å²) < 4.78 is 7.40. The molecule has 1 aliphatic rings. The van der Waals surface area contributed by atoms with Gasteiger partial charge in [-0.1, -0.05) is 0 Å². The van der Waals surface area contributed by atoms with E-state index in [1.165, 1.54) is 0 Å². The van der Waals surface area contributed by atoms with Gasteiger partial charge in [0, 0.05) is 17.8 Å². The number of aromatic nitrogens is 2. The number of aryl methyl sites for hydroxylation is 1. The molecule has 8 heteroatoms. The summed E-state index contributed by atoms with van der Waals surface area (Å²) in [6.07, 6.45) is 1.43. The molecule has 3 unspecified atom stereocenters. The Morgan fingerprint density at radius 3 is 2.76 bits per heavy atom. The third-order valence-corrected chi connectivity index (χ3v) is 6.26. The average molecular weight is 475 g/mol. The van der Waals surface area contributed by atoms with Gasteiger partial charge in [-0.05, 0) is 73.0 Å². The van der Waals surface area contributed by atoms with Crippen LogP contribution in [-0.2, 0) is 4.74 Å². The van der Waals surface area contributed by atoms with Crippen molar-refractivity contribution < 1.29 is 14.6 Å². The Hall–Kier alpha value is -0.920. The quantitative estimate of drug-likeness (QED) is 0.530. The highest BCUT2D eigenvalue weighted by atomic mass is 127. The van der Waals surface area contributed by atoms with Crippen molar-refractivity contribution in [2.24, 2.45) is 0 Å². The van der Waals surface area contributed by atoms with E-state index in [0.717, 1.165) is 22.0 Å². The van der Waals surface area contributed by atoms with Gasteiger partial charge in [-0.25, -0.2) is 9.25 Å². The molecule has 1 saturated heterocycles. The minimum Gasteiger partial charge on any atom is -0.444 e. The van der Waals surface area contributed by atoms with E-state index in [1.54, 1.807) is 4.90 Å². The highest BCUT2D eigenvalue weighted by molar-refractivity contribution is 14.2. The van der Waals surface area contributed by atoms with Crippen LogP contribution in [0.4, 0.5) is 4.79 Å². The van der Waals surface area contributed by atoms with Crippen molar-refractivity contribution in [3.05, 3.63) is 29.5 Å². The number of aliphatic hydroxyl groups excluding tert-OH is 1. The molecule has 136 valence electrons. The van der Waals surface area contributed by atoms with Crippen LogP contribution in [0.25, 0.3) is 10.9 Å². The van der Waals surface area contributed by atoms with Crippen LogP contribution in [0.5, 0.6) is 0 Å². The Balaban J connectivity index is 1.88. The third kappa shape index (κ3) is 3.93.